The van der Waals surface area contributed by atoms with Crippen molar-refractivity contribution in [2.75, 3.05) is 13.2 Å². The Labute approximate surface area is 156 Å². The van der Waals surface area contributed by atoms with E-state index in [4.69, 9.17) is 31.5 Å². The van der Waals surface area contributed by atoms with Gasteiger partial charge in [0.2, 0.25) is 5.88 Å². The summed E-state index contributed by atoms with van der Waals surface area (Å²) >= 11 is 6.14. The highest BCUT2D eigenvalue weighted by atomic mass is 35.5. The normalized spacial score (nSPS) is 16.8. The first-order chi connectivity index (χ1) is 12.3. The van der Waals surface area contributed by atoms with Gasteiger partial charge < -0.3 is 19.9 Å². The Morgan fingerprint density at radius 3 is 2.58 bits per heavy atom. The van der Waals surface area contributed by atoms with Crippen LogP contribution in [0.3, 0.4) is 0 Å². The summed E-state index contributed by atoms with van der Waals surface area (Å²) in [6.45, 7) is 5.20. The van der Waals surface area contributed by atoms with Crippen LogP contribution in [0, 0.1) is 24.2 Å². The Morgan fingerprint density at radius 1 is 1.35 bits per heavy atom. The number of ether oxygens (including phenoxy) is 3. The monoisotopic (exact) mass is 378 g/mol. The van der Waals surface area contributed by atoms with E-state index in [0.717, 1.165) is 0 Å². The van der Waals surface area contributed by atoms with Crippen molar-refractivity contribution in [3.63, 3.8) is 0 Å². The molecule has 0 radical (unpaired) electrons. The van der Waals surface area contributed by atoms with E-state index < -0.39 is 23.8 Å². The second-order valence-corrected chi connectivity index (χ2v) is 6.01. The van der Waals surface area contributed by atoms with E-state index in [2.05, 4.69) is 0 Å². The number of halogens is 1. The zero-order valence-electron chi connectivity index (χ0n) is 14.7. The maximum absolute atomic E-state index is 12.5. The number of esters is 2. The molecule has 1 aromatic rings. The molecular formula is C18H19ClN2O5. The van der Waals surface area contributed by atoms with E-state index in [1.54, 1.807) is 32.9 Å². The van der Waals surface area contributed by atoms with Crippen molar-refractivity contribution in [1.82, 2.24) is 0 Å². The van der Waals surface area contributed by atoms with Crippen LogP contribution in [0.2, 0.25) is 5.02 Å². The second kappa shape index (κ2) is 8.11. The molecule has 1 aromatic carbocycles. The van der Waals surface area contributed by atoms with Crippen molar-refractivity contribution in [3.05, 3.63) is 39.7 Å². The van der Waals surface area contributed by atoms with Crippen LogP contribution in [0.4, 0.5) is 0 Å². The smallest absolute Gasteiger partial charge is 0.340 e. The molecule has 2 unspecified atom stereocenters. The highest BCUT2D eigenvalue weighted by Gasteiger charge is 2.43. The topological polar surface area (TPSA) is 112 Å². The van der Waals surface area contributed by atoms with Gasteiger partial charge in [0.05, 0.1) is 25.2 Å². The van der Waals surface area contributed by atoms with Crippen LogP contribution >= 0.6 is 11.6 Å². The van der Waals surface area contributed by atoms with Crippen molar-refractivity contribution >= 4 is 23.5 Å². The van der Waals surface area contributed by atoms with Gasteiger partial charge in [0.1, 0.15) is 11.3 Å². The minimum Gasteiger partial charge on any atom is -0.465 e. The molecule has 7 nitrogen and oxygen atoms in total. The first kappa shape index (κ1) is 19.6. The fourth-order valence-electron chi connectivity index (χ4n) is 2.88. The number of rotatable bonds is 5. The summed E-state index contributed by atoms with van der Waals surface area (Å²) in [5.41, 5.74) is 6.92. The molecule has 26 heavy (non-hydrogen) atoms. The molecule has 0 saturated carbocycles. The minimum absolute atomic E-state index is 0.0929. The van der Waals surface area contributed by atoms with Crippen molar-refractivity contribution in [3.8, 4) is 11.8 Å². The van der Waals surface area contributed by atoms with Crippen LogP contribution in [0.1, 0.15) is 30.9 Å². The van der Waals surface area contributed by atoms with E-state index in [1.807, 2.05) is 6.07 Å². The molecule has 0 aliphatic carbocycles. The van der Waals surface area contributed by atoms with Crippen LogP contribution in [-0.4, -0.2) is 25.2 Å². The van der Waals surface area contributed by atoms with Crippen LogP contribution in [0.15, 0.2) is 23.6 Å². The fraction of sp³-hybridized carbons (Fsp3) is 0.389. The zero-order valence-corrected chi connectivity index (χ0v) is 15.4. The number of carbonyl (C=O) groups is 2. The summed E-state index contributed by atoms with van der Waals surface area (Å²) in [6, 6.07) is 5.12. The molecule has 0 spiro atoms. The van der Waals surface area contributed by atoms with Crippen molar-refractivity contribution < 1.29 is 23.8 Å². The number of hydrogen-bond acceptors (Lipinski definition) is 7. The number of nitriles is 1. The molecule has 0 bridgehead atoms. The molecule has 0 saturated heterocycles. The number of aryl methyl sites for hydroxylation is 1. The summed E-state index contributed by atoms with van der Waals surface area (Å²) < 4.78 is 15.6. The molecule has 2 atom stereocenters. The number of fused-ring (bicyclic) bond motifs is 1. The Hall–Kier alpha value is -2.72. The maximum atomic E-state index is 12.5. The van der Waals surface area contributed by atoms with Crippen LogP contribution < -0.4 is 10.5 Å². The van der Waals surface area contributed by atoms with Crippen LogP contribution in [0.25, 0.3) is 0 Å². The standard InChI is InChI=1S/C18H19ClN2O5/c1-4-24-17(22)12(8-20)13-11-7-10(19)6-9(3)15(11)26-16(21)14(13)18(23)25-5-2/h6-7,12-13H,4-5,21H2,1-3H3. The average Bonchev–Trinajstić information content (AvgIpc) is 2.56. The summed E-state index contributed by atoms with van der Waals surface area (Å²) in [6.07, 6.45) is 0. The summed E-state index contributed by atoms with van der Waals surface area (Å²) in [4.78, 5) is 24.8. The van der Waals surface area contributed by atoms with Crippen LogP contribution in [-0.2, 0) is 19.1 Å². The molecule has 1 aliphatic rings. The third-order valence-electron chi connectivity index (χ3n) is 3.90. The molecule has 0 amide bonds. The van der Waals surface area contributed by atoms with Crippen molar-refractivity contribution in [2.45, 2.75) is 26.7 Å². The number of carbonyl (C=O) groups excluding carboxylic acids is 2. The molecule has 0 fully saturated rings. The van der Waals surface area contributed by atoms with Gasteiger partial charge >= 0.3 is 11.9 Å². The van der Waals surface area contributed by atoms with Gasteiger partial charge in [-0.15, -0.1) is 0 Å². The Balaban J connectivity index is 2.70. The van der Waals surface area contributed by atoms with Gasteiger partial charge in [-0.1, -0.05) is 11.6 Å². The molecule has 2 rings (SSSR count). The minimum atomic E-state index is -1.31. The van der Waals surface area contributed by atoms with Gasteiger partial charge in [-0.05, 0) is 38.5 Å². The van der Waals surface area contributed by atoms with Crippen LogP contribution in [0.5, 0.6) is 5.75 Å². The summed E-state index contributed by atoms with van der Waals surface area (Å²) in [5.74, 6) is -3.71. The van der Waals surface area contributed by atoms with E-state index in [1.165, 1.54) is 0 Å². The highest BCUT2D eigenvalue weighted by Crippen LogP contribution is 2.45. The van der Waals surface area contributed by atoms with E-state index in [0.29, 0.717) is 21.9 Å². The molecule has 2 N–H and O–H groups in total. The third kappa shape index (κ3) is 3.60. The summed E-state index contributed by atoms with van der Waals surface area (Å²) in [5, 5.41) is 9.99. The van der Waals surface area contributed by atoms with Gasteiger partial charge in [-0.3, -0.25) is 4.79 Å². The lowest BCUT2D eigenvalue weighted by Gasteiger charge is -2.30. The van der Waals surface area contributed by atoms with E-state index in [-0.39, 0.29) is 24.7 Å². The SMILES string of the molecule is CCOC(=O)C1=C(N)Oc2c(C)cc(Cl)cc2C1C(C#N)C(=O)OCC. The lowest BCUT2D eigenvalue weighted by Crippen LogP contribution is -2.34. The van der Waals surface area contributed by atoms with Gasteiger partial charge in [0.25, 0.3) is 0 Å². The van der Waals surface area contributed by atoms with Crippen molar-refractivity contribution in [1.29, 1.82) is 5.26 Å². The predicted octanol–water partition coefficient (Wildman–Crippen LogP) is 2.56. The fourth-order valence-corrected chi connectivity index (χ4v) is 3.16. The molecule has 138 valence electrons. The Morgan fingerprint density at radius 2 is 2.00 bits per heavy atom. The number of hydrogen-bond donors (Lipinski definition) is 1. The van der Waals surface area contributed by atoms with Crippen molar-refractivity contribution in [2.24, 2.45) is 11.7 Å². The number of nitrogens with zero attached hydrogens (tertiary/aromatic N) is 1. The lowest BCUT2D eigenvalue weighted by atomic mass is 9.78. The van der Waals surface area contributed by atoms with Gasteiger partial charge in [0.15, 0.2) is 5.92 Å². The lowest BCUT2D eigenvalue weighted by molar-refractivity contribution is -0.146. The Kier molecular flexibility index (Phi) is 6.11. The largest absolute Gasteiger partial charge is 0.465 e. The summed E-state index contributed by atoms with van der Waals surface area (Å²) in [7, 11) is 0. The second-order valence-electron chi connectivity index (χ2n) is 5.58. The highest BCUT2D eigenvalue weighted by molar-refractivity contribution is 6.30. The van der Waals surface area contributed by atoms with Gasteiger partial charge in [0, 0.05) is 10.6 Å². The predicted molar refractivity (Wildman–Crippen MR) is 93.1 cm³/mol. The maximum Gasteiger partial charge on any atom is 0.340 e. The third-order valence-corrected chi connectivity index (χ3v) is 4.12. The van der Waals surface area contributed by atoms with Gasteiger partial charge in [-0.25, -0.2) is 4.79 Å². The van der Waals surface area contributed by atoms with Gasteiger partial charge in [-0.2, -0.15) is 5.26 Å². The van der Waals surface area contributed by atoms with E-state index in [9.17, 15) is 14.9 Å². The number of nitrogens with two attached hydrogens (primary N) is 1. The Bertz CT molecular complexity index is 813. The first-order valence-electron chi connectivity index (χ1n) is 8.06. The zero-order chi connectivity index (χ0) is 19.4. The molecule has 1 heterocycles. The first-order valence-corrected chi connectivity index (χ1v) is 8.44. The molecule has 0 aromatic heterocycles. The average molecular weight is 379 g/mol. The van der Waals surface area contributed by atoms with E-state index >= 15 is 0 Å². The molecule has 8 heteroatoms. The quantitative estimate of drug-likeness (QED) is 0.783. The number of benzene rings is 1. The molecule has 1 aliphatic heterocycles. The molecular weight excluding hydrogens is 360 g/mol.